The molecule has 1 aliphatic carbocycles. The molecule has 9 nitrogen and oxygen atoms in total. The second kappa shape index (κ2) is 12.7. The van der Waals surface area contributed by atoms with Gasteiger partial charge in [0, 0.05) is 36.9 Å². The Kier molecular flexibility index (Phi) is 8.76. The van der Waals surface area contributed by atoms with Crippen molar-refractivity contribution in [2.75, 3.05) is 24.5 Å². The van der Waals surface area contributed by atoms with E-state index >= 15 is 0 Å². The van der Waals surface area contributed by atoms with Crippen molar-refractivity contribution in [3.05, 3.63) is 88.5 Å². The summed E-state index contributed by atoms with van der Waals surface area (Å²) in [5, 5.41) is 14.5. The molecular weight excluding hydrogens is 607 g/mol. The van der Waals surface area contributed by atoms with E-state index in [0.29, 0.717) is 42.9 Å². The third-order valence-corrected chi connectivity index (χ3v) is 9.49. The van der Waals surface area contributed by atoms with Gasteiger partial charge in [-0.05, 0) is 54.8 Å². The van der Waals surface area contributed by atoms with Crippen molar-refractivity contribution >= 4 is 39.9 Å². The van der Waals surface area contributed by atoms with Gasteiger partial charge in [-0.2, -0.15) is 13.2 Å². The lowest BCUT2D eigenvalue weighted by Gasteiger charge is -2.48. The molecule has 0 radical (unpaired) electrons. The summed E-state index contributed by atoms with van der Waals surface area (Å²) in [7, 11) is 0. The Hall–Kier alpha value is -4.07. The third kappa shape index (κ3) is 6.95. The molecule has 1 saturated carbocycles. The predicted molar refractivity (Wildman–Crippen MR) is 162 cm³/mol. The maximum atomic E-state index is 13.6. The summed E-state index contributed by atoms with van der Waals surface area (Å²) in [6.45, 7) is 0.663. The Morgan fingerprint density at radius 2 is 1.87 bits per heavy atom. The number of aromatic nitrogens is 2. The molecule has 2 fully saturated rings. The van der Waals surface area contributed by atoms with Crippen molar-refractivity contribution in [2.45, 2.75) is 56.2 Å². The highest BCUT2D eigenvalue weighted by Crippen LogP contribution is 2.41. The number of fused-ring (bicyclic) bond motifs is 1. The molecule has 2 N–H and O–H groups in total. The number of alkyl halides is 3. The molecule has 2 aromatic heterocycles. The van der Waals surface area contributed by atoms with Gasteiger partial charge in [0.05, 0.1) is 22.0 Å². The fourth-order valence-electron chi connectivity index (χ4n) is 6.02. The Morgan fingerprint density at radius 1 is 1.11 bits per heavy atom. The number of hydrogen-bond donors (Lipinski definition) is 2. The number of carbonyl (C=O) groups excluding carboxylic acids is 2. The van der Waals surface area contributed by atoms with Crippen LogP contribution in [0.2, 0.25) is 0 Å². The second-order valence-corrected chi connectivity index (χ2v) is 12.4. The van der Waals surface area contributed by atoms with Gasteiger partial charge in [0.25, 0.3) is 0 Å². The summed E-state index contributed by atoms with van der Waals surface area (Å²) in [6.07, 6.45) is 0.520. The van der Waals surface area contributed by atoms with E-state index in [1.165, 1.54) is 23.6 Å². The lowest BCUT2D eigenvalue weighted by Crippen LogP contribution is -2.63. The fraction of sp³-hybridized carbons (Fsp3) is 0.375. The number of carbonyl (C=O) groups is 2. The number of rotatable bonds is 8. The van der Waals surface area contributed by atoms with Crippen molar-refractivity contribution in [2.24, 2.45) is 0 Å². The monoisotopic (exact) mass is 639 g/mol. The number of hydrogen-bond acceptors (Lipinski definition) is 8. The molecule has 2 amide bonds. The van der Waals surface area contributed by atoms with Crippen LogP contribution in [-0.4, -0.2) is 63.7 Å². The standard InChI is InChI=1S/C32H32F3N5O4S/c33-32(34,35)23-7-6-22-10-13-37-29(26(22)14-23)40(30(42)44-19-21-4-2-1-3-5-21)18-28(41)38-24-16-39(17-24)25-8-11-31(43,12-9-25)27-15-36-20-45-27/h1-7,10,13-15,20,24-25,43H,8-9,11-12,16-19H2,(H,38,41). The first kappa shape index (κ1) is 30.9. The SMILES string of the molecule is O=C(CN(C(=O)OCc1ccccc1)c1nccc2ccc(C(F)(F)F)cc12)NC1CN(C2CCC(O)(c3cncs3)CC2)C1. The zero-order chi connectivity index (χ0) is 31.6. The minimum Gasteiger partial charge on any atom is -0.444 e. The van der Waals surface area contributed by atoms with Crippen molar-refractivity contribution in [3.63, 3.8) is 0 Å². The van der Waals surface area contributed by atoms with Crippen LogP contribution in [0.15, 0.2) is 72.5 Å². The molecule has 0 spiro atoms. The van der Waals surface area contributed by atoms with E-state index in [0.717, 1.165) is 34.8 Å². The number of halogens is 3. The summed E-state index contributed by atoms with van der Waals surface area (Å²) < 4.78 is 46.2. The van der Waals surface area contributed by atoms with Gasteiger partial charge in [0.15, 0.2) is 0 Å². The smallest absolute Gasteiger partial charge is 0.416 e. The number of thiazole rings is 1. The van der Waals surface area contributed by atoms with E-state index < -0.39 is 35.9 Å². The molecule has 1 saturated heterocycles. The van der Waals surface area contributed by atoms with Crippen LogP contribution in [0.4, 0.5) is 23.8 Å². The van der Waals surface area contributed by atoms with Crippen LogP contribution in [0.3, 0.4) is 0 Å². The molecule has 6 rings (SSSR count). The summed E-state index contributed by atoms with van der Waals surface area (Å²) in [4.78, 5) is 39.1. The molecule has 13 heteroatoms. The highest BCUT2D eigenvalue weighted by molar-refractivity contribution is 7.09. The quantitative estimate of drug-likeness (QED) is 0.263. The maximum absolute atomic E-state index is 13.6. The number of nitrogens with one attached hydrogen (secondary N) is 1. The van der Waals surface area contributed by atoms with Crippen molar-refractivity contribution < 1.29 is 32.6 Å². The number of benzene rings is 2. The first-order valence-electron chi connectivity index (χ1n) is 14.7. The topological polar surface area (TPSA) is 108 Å². The van der Waals surface area contributed by atoms with E-state index in [9.17, 15) is 27.9 Å². The second-order valence-electron chi connectivity index (χ2n) is 11.5. The van der Waals surface area contributed by atoms with Crippen LogP contribution in [0.5, 0.6) is 0 Å². The van der Waals surface area contributed by atoms with Crippen molar-refractivity contribution in [3.8, 4) is 0 Å². The van der Waals surface area contributed by atoms with Gasteiger partial charge in [-0.1, -0.05) is 36.4 Å². The van der Waals surface area contributed by atoms with Crippen LogP contribution < -0.4 is 10.2 Å². The Balaban J connectivity index is 1.12. The molecule has 236 valence electrons. The molecule has 2 aliphatic rings. The van der Waals surface area contributed by atoms with Gasteiger partial charge in [-0.3, -0.25) is 19.6 Å². The van der Waals surface area contributed by atoms with E-state index in [1.54, 1.807) is 42.0 Å². The van der Waals surface area contributed by atoms with E-state index in [1.807, 2.05) is 6.07 Å². The van der Waals surface area contributed by atoms with E-state index in [4.69, 9.17) is 4.74 Å². The van der Waals surface area contributed by atoms with Crippen LogP contribution >= 0.6 is 11.3 Å². The Bertz CT molecular complexity index is 1640. The van der Waals surface area contributed by atoms with Crippen molar-refractivity contribution in [1.82, 2.24) is 20.2 Å². The van der Waals surface area contributed by atoms with Gasteiger partial charge in [0.1, 0.15) is 24.6 Å². The minimum atomic E-state index is -4.61. The minimum absolute atomic E-state index is 0.0715. The summed E-state index contributed by atoms with van der Waals surface area (Å²) in [6, 6.07) is 13.8. The van der Waals surface area contributed by atoms with Crippen LogP contribution in [0.25, 0.3) is 10.8 Å². The molecule has 0 bridgehead atoms. The average molecular weight is 640 g/mol. The lowest BCUT2D eigenvalue weighted by atomic mass is 9.80. The molecule has 4 aromatic rings. The van der Waals surface area contributed by atoms with E-state index in [2.05, 4.69) is 20.2 Å². The molecular formula is C32H32F3N5O4S. The van der Waals surface area contributed by atoms with E-state index in [-0.39, 0.29) is 23.9 Å². The highest BCUT2D eigenvalue weighted by Gasteiger charge is 2.41. The Labute approximate surface area is 261 Å². The maximum Gasteiger partial charge on any atom is 0.416 e. The number of ether oxygens (including phenoxy) is 1. The zero-order valence-electron chi connectivity index (χ0n) is 24.2. The number of pyridine rings is 1. The number of amides is 2. The van der Waals surface area contributed by atoms with Crippen molar-refractivity contribution in [1.29, 1.82) is 0 Å². The number of nitrogens with zero attached hydrogens (tertiary/aromatic N) is 4. The predicted octanol–water partition coefficient (Wildman–Crippen LogP) is 5.48. The average Bonchev–Trinajstić information content (AvgIpc) is 3.57. The molecule has 0 unspecified atom stereocenters. The number of anilines is 1. The molecule has 45 heavy (non-hydrogen) atoms. The lowest BCUT2D eigenvalue weighted by molar-refractivity contribution is -0.137. The number of likely N-dealkylation sites (tertiary alicyclic amines) is 1. The van der Waals surface area contributed by atoms with Gasteiger partial charge >= 0.3 is 12.3 Å². The van der Waals surface area contributed by atoms with Crippen LogP contribution in [0.1, 0.15) is 41.7 Å². The molecule has 0 atom stereocenters. The van der Waals surface area contributed by atoms with Crippen LogP contribution in [-0.2, 0) is 27.9 Å². The van der Waals surface area contributed by atoms with Gasteiger partial charge in [0.2, 0.25) is 5.91 Å². The summed E-state index contributed by atoms with van der Waals surface area (Å²) in [5.74, 6) is -0.581. The summed E-state index contributed by atoms with van der Waals surface area (Å²) >= 11 is 1.46. The largest absolute Gasteiger partial charge is 0.444 e. The highest BCUT2D eigenvalue weighted by atomic mass is 32.1. The van der Waals surface area contributed by atoms with Gasteiger partial charge in [-0.15, -0.1) is 11.3 Å². The zero-order valence-corrected chi connectivity index (χ0v) is 25.1. The van der Waals surface area contributed by atoms with Crippen LogP contribution in [0, 0.1) is 0 Å². The fourth-order valence-corrected chi connectivity index (χ4v) is 6.80. The first-order valence-corrected chi connectivity index (χ1v) is 15.6. The first-order chi connectivity index (χ1) is 21.6. The normalized spacial score (nSPS) is 20.8. The molecule has 1 aliphatic heterocycles. The summed E-state index contributed by atoms with van der Waals surface area (Å²) in [5.41, 5.74) is 0.699. The number of aliphatic hydroxyl groups is 1. The molecule has 3 heterocycles. The third-order valence-electron chi connectivity index (χ3n) is 8.52. The van der Waals surface area contributed by atoms with Gasteiger partial charge < -0.3 is 15.2 Å². The van der Waals surface area contributed by atoms with Gasteiger partial charge in [-0.25, -0.2) is 9.78 Å². The Morgan fingerprint density at radius 3 is 2.56 bits per heavy atom. The molecule has 2 aromatic carbocycles.